The van der Waals surface area contributed by atoms with Crippen LogP contribution in [0.1, 0.15) is 37.7 Å². The molecule has 0 aliphatic carbocycles. The van der Waals surface area contributed by atoms with Gasteiger partial charge in [-0.1, -0.05) is 18.0 Å². The number of pyridine rings is 1. The number of likely N-dealkylation sites (tertiary alicyclic amines) is 1. The molecule has 3 aromatic rings. The Labute approximate surface area is 191 Å². The summed E-state index contributed by atoms with van der Waals surface area (Å²) in [4.78, 5) is 15.0. The van der Waals surface area contributed by atoms with Crippen LogP contribution in [0.15, 0.2) is 28.9 Å². The average Bonchev–Trinajstić information content (AvgIpc) is 3.14. The summed E-state index contributed by atoms with van der Waals surface area (Å²) in [5.41, 5.74) is 3.83. The van der Waals surface area contributed by atoms with E-state index in [2.05, 4.69) is 37.8 Å². The molecular weight excluding hydrogens is 464 g/mol. The van der Waals surface area contributed by atoms with Crippen LogP contribution in [0, 0.1) is 12.8 Å². The second-order valence-corrected chi connectivity index (χ2v) is 9.59. The third kappa shape index (κ3) is 5.16. The van der Waals surface area contributed by atoms with E-state index >= 15 is 0 Å². The van der Waals surface area contributed by atoms with Crippen LogP contribution in [0.4, 0.5) is 0 Å². The summed E-state index contributed by atoms with van der Waals surface area (Å²) < 4.78 is 6.82. The lowest BCUT2D eigenvalue weighted by Crippen LogP contribution is -2.30. The van der Waals surface area contributed by atoms with Gasteiger partial charge < -0.3 is 14.6 Å². The number of hydrogen-bond acceptors (Lipinski definition) is 4. The molecule has 0 amide bonds. The highest BCUT2D eigenvalue weighted by atomic mass is 79.9. The number of halogens is 2. The Bertz CT molecular complexity index is 1010. The fraction of sp³-hybridized carbons (Fsp3) is 0.478. The summed E-state index contributed by atoms with van der Waals surface area (Å²) in [5.74, 6) is 2.28. The van der Waals surface area contributed by atoms with Gasteiger partial charge in [-0.25, -0.2) is 9.97 Å². The number of unbranched alkanes of at least 4 members (excludes halogenated alkanes) is 1. The van der Waals surface area contributed by atoms with Gasteiger partial charge in [-0.15, -0.1) is 0 Å². The van der Waals surface area contributed by atoms with Gasteiger partial charge in [0.1, 0.15) is 5.82 Å². The summed E-state index contributed by atoms with van der Waals surface area (Å²) in [7, 11) is 2.21. The number of nitrogens with zero attached hydrogens (tertiary/aromatic N) is 3. The zero-order valence-electron chi connectivity index (χ0n) is 17.5. The second-order valence-electron chi connectivity index (χ2n) is 8.30. The fourth-order valence-corrected chi connectivity index (χ4v) is 4.79. The van der Waals surface area contributed by atoms with Crippen molar-refractivity contribution in [2.24, 2.45) is 5.92 Å². The Morgan fingerprint density at radius 1 is 1.23 bits per heavy atom. The van der Waals surface area contributed by atoms with Crippen LogP contribution in [-0.2, 0) is 0 Å². The highest BCUT2D eigenvalue weighted by Gasteiger charge is 2.16. The lowest BCUT2D eigenvalue weighted by molar-refractivity contribution is 0.205. The monoisotopic (exact) mass is 490 g/mol. The maximum absolute atomic E-state index is 6.19. The molecule has 1 aromatic carbocycles. The van der Waals surface area contributed by atoms with E-state index in [0.29, 0.717) is 17.5 Å². The first kappa shape index (κ1) is 21.6. The van der Waals surface area contributed by atoms with Gasteiger partial charge in [0.2, 0.25) is 5.88 Å². The number of ether oxygens (including phenoxy) is 1. The molecule has 1 aliphatic heterocycles. The molecular formula is C23H28BrClN4O. The number of aromatic amines is 1. The SMILES string of the molecule is Cc1cc(Cl)cc2[nH]c(-c3cc(OCCCCC4CCN(C)CC4)ncc3Br)nc12. The van der Waals surface area contributed by atoms with Crippen molar-refractivity contribution in [3.05, 3.63) is 39.5 Å². The Hall–Kier alpha value is -1.63. The summed E-state index contributed by atoms with van der Waals surface area (Å²) in [6, 6.07) is 5.77. The molecule has 0 atom stereocenters. The van der Waals surface area contributed by atoms with Crippen molar-refractivity contribution in [2.45, 2.75) is 39.0 Å². The lowest BCUT2D eigenvalue weighted by Gasteiger charge is -2.28. The van der Waals surface area contributed by atoms with Crippen LogP contribution in [0.2, 0.25) is 5.02 Å². The van der Waals surface area contributed by atoms with E-state index in [1.807, 2.05) is 25.1 Å². The number of piperidine rings is 1. The van der Waals surface area contributed by atoms with E-state index in [1.165, 1.54) is 38.8 Å². The maximum Gasteiger partial charge on any atom is 0.213 e. The minimum atomic E-state index is 0.628. The van der Waals surface area contributed by atoms with E-state index in [1.54, 1.807) is 6.20 Å². The first-order valence-electron chi connectivity index (χ1n) is 10.6. The van der Waals surface area contributed by atoms with E-state index in [9.17, 15) is 0 Å². The summed E-state index contributed by atoms with van der Waals surface area (Å²) in [6.07, 6.45) is 8.00. The highest BCUT2D eigenvalue weighted by Crippen LogP contribution is 2.31. The van der Waals surface area contributed by atoms with Crippen molar-refractivity contribution < 1.29 is 4.74 Å². The van der Waals surface area contributed by atoms with Crippen molar-refractivity contribution in [3.8, 4) is 17.3 Å². The molecule has 30 heavy (non-hydrogen) atoms. The lowest BCUT2D eigenvalue weighted by atomic mass is 9.92. The predicted molar refractivity (Wildman–Crippen MR) is 126 cm³/mol. The highest BCUT2D eigenvalue weighted by molar-refractivity contribution is 9.10. The van der Waals surface area contributed by atoms with Crippen molar-refractivity contribution in [1.82, 2.24) is 19.9 Å². The number of nitrogens with one attached hydrogen (secondary N) is 1. The number of hydrogen-bond donors (Lipinski definition) is 1. The molecule has 0 radical (unpaired) electrons. The van der Waals surface area contributed by atoms with Crippen LogP contribution < -0.4 is 4.74 Å². The number of fused-ring (bicyclic) bond motifs is 1. The molecule has 4 rings (SSSR count). The molecule has 0 unspecified atom stereocenters. The van der Waals surface area contributed by atoms with Gasteiger partial charge >= 0.3 is 0 Å². The smallest absolute Gasteiger partial charge is 0.213 e. The zero-order chi connectivity index (χ0) is 21.1. The second kappa shape index (κ2) is 9.67. The minimum absolute atomic E-state index is 0.628. The Kier molecular flexibility index (Phi) is 6.96. The first-order valence-corrected chi connectivity index (χ1v) is 11.8. The number of rotatable bonds is 7. The van der Waals surface area contributed by atoms with E-state index in [-0.39, 0.29) is 0 Å². The van der Waals surface area contributed by atoms with Gasteiger partial charge in [0, 0.05) is 27.3 Å². The molecule has 1 aliphatic rings. The van der Waals surface area contributed by atoms with Crippen LogP contribution in [-0.4, -0.2) is 46.6 Å². The number of aromatic nitrogens is 3. The molecule has 1 N–H and O–H groups in total. The van der Waals surface area contributed by atoms with Gasteiger partial charge in [-0.3, -0.25) is 0 Å². The molecule has 1 fully saturated rings. The zero-order valence-corrected chi connectivity index (χ0v) is 19.9. The van der Waals surface area contributed by atoms with Gasteiger partial charge in [-0.2, -0.15) is 0 Å². The van der Waals surface area contributed by atoms with Gasteiger partial charge in [-0.05, 0) is 92.3 Å². The van der Waals surface area contributed by atoms with Crippen LogP contribution in [0.5, 0.6) is 5.88 Å². The number of H-pyrrole nitrogens is 1. The van der Waals surface area contributed by atoms with E-state index in [4.69, 9.17) is 21.3 Å². The third-order valence-corrected chi connectivity index (χ3v) is 6.77. The largest absolute Gasteiger partial charge is 0.478 e. The van der Waals surface area contributed by atoms with Gasteiger partial charge in [0.05, 0.1) is 17.6 Å². The van der Waals surface area contributed by atoms with E-state index in [0.717, 1.165) is 44.8 Å². The quantitative estimate of drug-likeness (QED) is 0.397. The van der Waals surface area contributed by atoms with Crippen LogP contribution in [0.25, 0.3) is 22.4 Å². The minimum Gasteiger partial charge on any atom is -0.478 e. The number of benzene rings is 1. The third-order valence-electron chi connectivity index (χ3n) is 5.92. The molecule has 5 nitrogen and oxygen atoms in total. The normalized spacial score (nSPS) is 15.7. The topological polar surface area (TPSA) is 54.0 Å². The predicted octanol–water partition coefficient (Wildman–Crippen LogP) is 6.24. The molecule has 7 heteroatoms. The number of imidazole rings is 1. The molecule has 160 valence electrons. The summed E-state index contributed by atoms with van der Waals surface area (Å²) in [5, 5.41) is 0.702. The van der Waals surface area contributed by atoms with Gasteiger partial charge in [0.25, 0.3) is 0 Å². The fourth-order valence-electron chi connectivity index (χ4n) is 4.12. The van der Waals surface area contributed by atoms with Crippen molar-refractivity contribution in [1.29, 1.82) is 0 Å². The standard InChI is InChI=1S/C23H28BrClN4O/c1-15-11-17(25)12-20-22(15)28-23(27-20)18-13-21(26-14-19(18)24)30-10-4-3-5-16-6-8-29(2)9-7-16/h11-14,16H,3-10H2,1-2H3,(H,27,28). The van der Waals surface area contributed by atoms with E-state index < -0.39 is 0 Å². The Balaban J connectivity index is 1.36. The Morgan fingerprint density at radius 2 is 2.03 bits per heavy atom. The molecule has 2 aromatic heterocycles. The average molecular weight is 492 g/mol. The van der Waals surface area contributed by atoms with Crippen molar-refractivity contribution in [2.75, 3.05) is 26.7 Å². The summed E-state index contributed by atoms with van der Waals surface area (Å²) >= 11 is 9.78. The van der Waals surface area contributed by atoms with Crippen molar-refractivity contribution in [3.63, 3.8) is 0 Å². The molecule has 0 spiro atoms. The maximum atomic E-state index is 6.19. The molecule has 0 bridgehead atoms. The Morgan fingerprint density at radius 3 is 2.83 bits per heavy atom. The van der Waals surface area contributed by atoms with Crippen LogP contribution in [0.3, 0.4) is 0 Å². The molecule has 0 saturated carbocycles. The number of aryl methyl sites for hydroxylation is 1. The van der Waals surface area contributed by atoms with Gasteiger partial charge in [0.15, 0.2) is 0 Å². The van der Waals surface area contributed by atoms with Crippen LogP contribution >= 0.6 is 27.5 Å². The molecule has 3 heterocycles. The first-order chi connectivity index (χ1) is 14.5. The molecule has 1 saturated heterocycles. The summed E-state index contributed by atoms with van der Waals surface area (Å²) in [6.45, 7) is 5.18. The van der Waals surface area contributed by atoms with Crippen molar-refractivity contribution >= 4 is 38.6 Å².